The van der Waals surface area contributed by atoms with Gasteiger partial charge in [0, 0.05) is 26.4 Å². The molecule has 7 nitrogen and oxygen atoms in total. The molecule has 1 heterocycles. The van der Waals surface area contributed by atoms with Crippen molar-refractivity contribution in [3.05, 3.63) is 24.3 Å². The van der Waals surface area contributed by atoms with Crippen LogP contribution in [0.2, 0.25) is 0 Å². The molecular formula is C29H50O7. The summed E-state index contributed by atoms with van der Waals surface area (Å²) >= 11 is 0. The first kappa shape index (κ1) is 30.8. The van der Waals surface area contributed by atoms with Crippen molar-refractivity contribution >= 4 is 0 Å². The number of unbranched alkanes of at least 4 members (excludes halogenated alkanes) is 4. The zero-order chi connectivity index (χ0) is 26.0. The number of ether oxygens (including phenoxy) is 7. The summed E-state index contributed by atoms with van der Waals surface area (Å²) in [5.74, 6) is 1.46. The largest absolute Gasteiger partial charge is 0.497 e. The van der Waals surface area contributed by atoms with Crippen molar-refractivity contribution in [3.8, 4) is 11.5 Å². The van der Waals surface area contributed by atoms with Gasteiger partial charge in [-0.2, -0.15) is 0 Å². The van der Waals surface area contributed by atoms with Gasteiger partial charge < -0.3 is 33.2 Å². The van der Waals surface area contributed by atoms with Crippen LogP contribution in [0.1, 0.15) is 79.1 Å². The standard InChI is InChI=1S/C29H50O7/c1-6-10-18-31-22-25-26(32-19-11-7-2)27(33-20-12-8-3)28(34-21-13-9-4)29(36-25)35-24-16-14-23(30-5)15-17-24/h14-17,25-29H,6-13,18-22H2,1-5H3/t25-,26-,27-,28-,29-/m1/s1. The van der Waals surface area contributed by atoms with Gasteiger partial charge in [-0.25, -0.2) is 0 Å². The summed E-state index contributed by atoms with van der Waals surface area (Å²) in [5, 5.41) is 0. The third kappa shape index (κ3) is 10.5. The van der Waals surface area contributed by atoms with Crippen molar-refractivity contribution in [3.63, 3.8) is 0 Å². The molecule has 0 bridgehead atoms. The Morgan fingerprint density at radius 1 is 0.639 bits per heavy atom. The van der Waals surface area contributed by atoms with Crippen LogP contribution in [0.15, 0.2) is 24.3 Å². The van der Waals surface area contributed by atoms with E-state index in [4.69, 9.17) is 33.2 Å². The first-order valence-electron chi connectivity index (χ1n) is 14.1. The highest BCUT2D eigenvalue weighted by molar-refractivity contribution is 5.31. The van der Waals surface area contributed by atoms with Gasteiger partial charge in [0.2, 0.25) is 6.29 Å². The second-order valence-electron chi connectivity index (χ2n) is 9.33. The Hall–Kier alpha value is -1.38. The van der Waals surface area contributed by atoms with Crippen LogP contribution in [0.3, 0.4) is 0 Å². The second kappa shape index (κ2) is 18.8. The molecule has 0 aliphatic carbocycles. The minimum absolute atomic E-state index is 0.294. The van der Waals surface area contributed by atoms with Crippen LogP contribution in [0.25, 0.3) is 0 Å². The fraction of sp³-hybridized carbons (Fsp3) is 0.793. The average Bonchev–Trinajstić information content (AvgIpc) is 2.90. The highest BCUT2D eigenvalue weighted by Crippen LogP contribution is 2.31. The van der Waals surface area contributed by atoms with Gasteiger partial charge >= 0.3 is 0 Å². The van der Waals surface area contributed by atoms with Gasteiger partial charge in [-0.1, -0.05) is 53.4 Å². The van der Waals surface area contributed by atoms with E-state index in [1.54, 1.807) is 7.11 Å². The lowest BCUT2D eigenvalue weighted by Gasteiger charge is -2.45. The van der Waals surface area contributed by atoms with Crippen molar-refractivity contribution < 1.29 is 33.2 Å². The van der Waals surface area contributed by atoms with Crippen molar-refractivity contribution in [2.45, 2.75) is 110 Å². The molecule has 0 aromatic heterocycles. The summed E-state index contributed by atoms with van der Waals surface area (Å²) in [7, 11) is 1.65. The molecule has 2 rings (SSSR count). The number of methoxy groups -OCH3 is 1. The van der Waals surface area contributed by atoms with E-state index < -0.39 is 12.4 Å². The van der Waals surface area contributed by atoms with Gasteiger partial charge in [-0.3, -0.25) is 0 Å². The maximum atomic E-state index is 6.54. The molecule has 1 aliphatic rings. The van der Waals surface area contributed by atoms with Crippen LogP contribution in [0.5, 0.6) is 11.5 Å². The number of hydrogen-bond donors (Lipinski definition) is 0. The smallest absolute Gasteiger partial charge is 0.229 e. The monoisotopic (exact) mass is 510 g/mol. The Labute approximate surface area is 219 Å². The minimum Gasteiger partial charge on any atom is -0.497 e. The van der Waals surface area contributed by atoms with E-state index >= 15 is 0 Å². The molecule has 0 saturated carbocycles. The van der Waals surface area contributed by atoms with Gasteiger partial charge in [0.15, 0.2) is 0 Å². The first-order valence-corrected chi connectivity index (χ1v) is 14.1. The maximum absolute atomic E-state index is 6.54. The molecule has 7 heteroatoms. The number of benzene rings is 1. The Morgan fingerprint density at radius 2 is 1.14 bits per heavy atom. The van der Waals surface area contributed by atoms with Crippen LogP contribution in [-0.4, -0.2) is 70.9 Å². The molecule has 1 aliphatic heterocycles. The molecule has 0 unspecified atom stereocenters. The molecule has 0 amide bonds. The topological polar surface area (TPSA) is 64.6 Å². The van der Waals surface area contributed by atoms with E-state index in [1.807, 2.05) is 24.3 Å². The average molecular weight is 511 g/mol. The third-order valence-electron chi connectivity index (χ3n) is 6.25. The molecule has 1 aromatic rings. The summed E-state index contributed by atoms with van der Waals surface area (Å²) in [6.45, 7) is 11.7. The Morgan fingerprint density at radius 3 is 1.69 bits per heavy atom. The van der Waals surface area contributed by atoms with Gasteiger partial charge in [0.1, 0.15) is 35.9 Å². The molecule has 0 N–H and O–H groups in total. The lowest BCUT2D eigenvalue weighted by atomic mass is 9.98. The van der Waals surface area contributed by atoms with Gasteiger partial charge in [0.25, 0.3) is 0 Å². The summed E-state index contributed by atoms with van der Waals surface area (Å²) in [6.07, 6.45) is 6.17. The highest BCUT2D eigenvalue weighted by atomic mass is 16.7. The molecule has 36 heavy (non-hydrogen) atoms. The molecule has 208 valence electrons. The quantitative estimate of drug-likeness (QED) is 0.194. The molecule has 1 aromatic carbocycles. The van der Waals surface area contributed by atoms with Crippen LogP contribution in [0, 0.1) is 0 Å². The summed E-state index contributed by atoms with van der Waals surface area (Å²) in [5.41, 5.74) is 0. The van der Waals surface area contributed by atoms with Crippen LogP contribution < -0.4 is 9.47 Å². The van der Waals surface area contributed by atoms with Crippen molar-refractivity contribution in [2.75, 3.05) is 40.1 Å². The molecule has 5 atom stereocenters. The molecular weight excluding hydrogens is 460 g/mol. The lowest BCUT2D eigenvalue weighted by Crippen LogP contribution is -2.63. The van der Waals surface area contributed by atoms with Crippen LogP contribution in [0.4, 0.5) is 0 Å². The van der Waals surface area contributed by atoms with E-state index in [0.29, 0.717) is 38.8 Å². The van der Waals surface area contributed by atoms with E-state index in [9.17, 15) is 0 Å². The van der Waals surface area contributed by atoms with Crippen LogP contribution in [-0.2, 0) is 23.7 Å². The van der Waals surface area contributed by atoms with E-state index in [0.717, 1.165) is 57.1 Å². The molecule has 0 radical (unpaired) electrons. The van der Waals surface area contributed by atoms with E-state index in [-0.39, 0.29) is 18.3 Å². The predicted octanol–water partition coefficient (Wildman–Crippen LogP) is 6.17. The number of hydrogen-bond acceptors (Lipinski definition) is 7. The van der Waals surface area contributed by atoms with Crippen molar-refractivity contribution in [1.29, 1.82) is 0 Å². The van der Waals surface area contributed by atoms with Gasteiger partial charge in [-0.15, -0.1) is 0 Å². The van der Waals surface area contributed by atoms with Crippen LogP contribution >= 0.6 is 0 Å². The SMILES string of the molecule is CCCCOC[C@H]1O[C@@H](Oc2ccc(OC)cc2)[C@H](OCCCC)[C@H](OCCCC)[C@@H]1OCCCC. The summed E-state index contributed by atoms with van der Waals surface area (Å²) < 4.78 is 43.5. The fourth-order valence-corrected chi connectivity index (χ4v) is 4.00. The van der Waals surface area contributed by atoms with Crippen molar-refractivity contribution in [2.24, 2.45) is 0 Å². The zero-order valence-corrected chi connectivity index (χ0v) is 23.2. The lowest BCUT2D eigenvalue weighted by molar-refractivity contribution is -0.304. The highest BCUT2D eigenvalue weighted by Gasteiger charge is 2.49. The first-order chi connectivity index (χ1) is 17.7. The van der Waals surface area contributed by atoms with Gasteiger partial charge in [0.05, 0.1) is 13.7 Å². The Balaban J connectivity index is 2.30. The van der Waals surface area contributed by atoms with E-state index in [1.165, 1.54) is 0 Å². The summed E-state index contributed by atoms with van der Waals surface area (Å²) in [6, 6.07) is 7.52. The molecule has 1 fully saturated rings. The zero-order valence-electron chi connectivity index (χ0n) is 23.2. The molecule has 0 spiro atoms. The predicted molar refractivity (Wildman–Crippen MR) is 142 cm³/mol. The van der Waals surface area contributed by atoms with Crippen molar-refractivity contribution in [1.82, 2.24) is 0 Å². The van der Waals surface area contributed by atoms with E-state index in [2.05, 4.69) is 27.7 Å². The Bertz CT molecular complexity index is 654. The fourth-order valence-electron chi connectivity index (χ4n) is 4.00. The normalized spacial score (nSPS) is 24.1. The maximum Gasteiger partial charge on any atom is 0.229 e. The second-order valence-corrected chi connectivity index (χ2v) is 9.33. The van der Waals surface area contributed by atoms with Gasteiger partial charge in [-0.05, 0) is 49.9 Å². The summed E-state index contributed by atoms with van der Waals surface area (Å²) in [4.78, 5) is 0. The number of rotatable bonds is 20. The Kier molecular flexibility index (Phi) is 16.1. The molecule has 1 saturated heterocycles. The third-order valence-corrected chi connectivity index (χ3v) is 6.25. The minimum atomic E-state index is -0.646.